The van der Waals surface area contributed by atoms with Gasteiger partial charge >= 0.3 is 0 Å². The maximum atomic E-state index is 4.71. The zero-order valence-electron chi connectivity index (χ0n) is 13.2. The SMILES string of the molecule is CC1(CS)CCCC2CCC(C1)C1(C)CCCC21C. The molecule has 2 bridgehead atoms. The molecule has 0 radical (unpaired) electrons. The molecule has 0 aromatic heterocycles. The van der Waals surface area contributed by atoms with Gasteiger partial charge < -0.3 is 0 Å². The van der Waals surface area contributed by atoms with Crippen LogP contribution in [0, 0.1) is 28.1 Å². The second kappa shape index (κ2) is 4.68. The quantitative estimate of drug-likeness (QED) is 0.584. The molecule has 4 aliphatic rings. The molecule has 1 heteroatoms. The van der Waals surface area contributed by atoms with E-state index in [1.54, 1.807) is 0 Å². The minimum absolute atomic E-state index is 0.500. The Hall–Kier alpha value is 0.350. The van der Waals surface area contributed by atoms with E-state index in [0.29, 0.717) is 16.2 Å². The molecular weight excluding hydrogens is 248 g/mol. The van der Waals surface area contributed by atoms with E-state index in [2.05, 4.69) is 20.8 Å². The Balaban J connectivity index is 1.98. The van der Waals surface area contributed by atoms with Gasteiger partial charge in [-0.2, -0.15) is 12.6 Å². The van der Waals surface area contributed by atoms with Crippen LogP contribution < -0.4 is 0 Å². The van der Waals surface area contributed by atoms with Gasteiger partial charge in [-0.1, -0.05) is 33.6 Å². The average Bonchev–Trinajstić information content (AvgIpc) is 2.74. The van der Waals surface area contributed by atoms with Crippen LogP contribution in [-0.2, 0) is 0 Å². The molecule has 0 aromatic carbocycles. The standard InChI is InChI=1S/C18H32S/c1-16(13-19)9-4-6-14-7-8-15(12-16)18(3)11-5-10-17(14,18)2/h14-15,19H,4-13H2,1-3H3. The molecule has 110 valence electrons. The van der Waals surface area contributed by atoms with Crippen molar-refractivity contribution in [2.24, 2.45) is 28.1 Å². The van der Waals surface area contributed by atoms with Crippen LogP contribution >= 0.6 is 12.6 Å². The van der Waals surface area contributed by atoms with Gasteiger partial charge in [0.25, 0.3) is 0 Å². The van der Waals surface area contributed by atoms with Crippen molar-refractivity contribution in [1.29, 1.82) is 0 Å². The van der Waals surface area contributed by atoms with Crippen molar-refractivity contribution in [1.82, 2.24) is 0 Å². The van der Waals surface area contributed by atoms with Crippen LogP contribution in [0.1, 0.15) is 78.6 Å². The fourth-order valence-corrected chi connectivity index (χ4v) is 6.47. The lowest BCUT2D eigenvalue weighted by Crippen LogP contribution is -2.48. The topological polar surface area (TPSA) is 0 Å². The molecule has 0 heterocycles. The number of rotatable bonds is 1. The summed E-state index contributed by atoms with van der Waals surface area (Å²) in [6, 6.07) is 0. The molecule has 0 aromatic rings. The molecule has 0 amide bonds. The summed E-state index contributed by atoms with van der Waals surface area (Å²) < 4.78 is 0. The second-order valence-corrected chi connectivity index (χ2v) is 9.04. The first-order valence-corrected chi connectivity index (χ1v) is 9.18. The molecule has 0 nitrogen and oxygen atoms in total. The highest BCUT2D eigenvalue weighted by Gasteiger charge is 2.59. The molecular formula is C18H32S. The first kappa shape index (κ1) is 14.3. The summed E-state index contributed by atoms with van der Waals surface area (Å²) in [6.45, 7) is 7.82. The van der Waals surface area contributed by atoms with Crippen molar-refractivity contribution >= 4 is 12.6 Å². The number of hydrogen-bond donors (Lipinski definition) is 1. The van der Waals surface area contributed by atoms with Crippen LogP contribution in [0.2, 0.25) is 0 Å². The Bertz CT molecular complexity index is 352. The zero-order valence-corrected chi connectivity index (χ0v) is 14.1. The van der Waals surface area contributed by atoms with Crippen molar-refractivity contribution in [3.05, 3.63) is 0 Å². The van der Waals surface area contributed by atoms with E-state index in [4.69, 9.17) is 12.6 Å². The summed E-state index contributed by atoms with van der Waals surface area (Å²) in [6.07, 6.45) is 13.3. The summed E-state index contributed by atoms with van der Waals surface area (Å²) in [5.41, 5.74) is 1.78. The third kappa shape index (κ3) is 2.01. The Kier molecular flexibility index (Phi) is 3.52. The van der Waals surface area contributed by atoms with Gasteiger partial charge in [0.15, 0.2) is 0 Å². The van der Waals surface area contributed by atoms with Crippen LogP contribution in [0.5, 0.6) is 0 Å². The van der Waals surface area contributed by atoms with E-state index in [-0.39, 0.29) is 0 Å². The maximum absolute atomic E-state index is 4.71. The molecule has 0 saturated heterocycles. The highest BCUT2D eigenvalue weighted by atomic mass is 32.1. The lowest BCUT2D eigenvalue weighted by atomic mass is 9.49. The van der Waals surface area contributed by atoms with Crippen molar-refractivity contribution in [2.45, 2.75) is 78.6 Å². The Labute approximate surface area is 125 Å². The van der Waals surface area contributed by atoms with Crippen molar-refractivity contribution in [3.8, 4) is 0 Å². The molecule has 0 N–H and O–H groups in total. The molecule has 5 unspecified atom stereocenters. The predicted octanol–water partition coefficient (Wildman–Crippen LogP) is 5.72. The first-order chi connectivity index (χ1) is 8.94. The van der Waals surface area contributed by atoms with E-state index >= 15 is 0 Å². The summed E-state index contributed by atoms with van der Waals surface area (Å²) in [5.74, 6) is 3.06. The third-order valence-electron chi connectivity index (χ3n) is 7.82. The summed E-state index contributed by atoms with van der Waals surface area (Å²) in [7, 11) is 0. The van der Waals surface area contributed by atoms with Crippen LogP contribution in [0.15, 0.2) is 0 Å². The van der Waals surface area contributed by atoms with Crippen LogP contribution in [0.3, 0.4) is 0 Å². The molecule has 0 spiro atoms. The van der Waals surface area contributed by atoms with Gasteiger partial charge in [-0.15, -0.1) is 0 Å². The van der Waals surface area contributed by atoms with E-state index < -0.39 is 0 Å². The smallest absolute Gasteiger partial charge is 0.00437 e. The van der Waals surface area contributed by atoms with E-state index in [1.807, 2.05) is 0 Å². The molecule has 19 heavy (non-hydrogen) atoms. The fourth-order valence-electron chi connectivity index (χ4n) is 6.18. The second-order valence-electron chi connectivity index (χ2n) is 8.72. The van der Waals surface area contributed by atoms with Gasteiger partial charge in [0.1, 0.15) is 0 Å². The molecule has 4 fully saturated rings. The molecule has 5 atom stereocenters. The summed E-state index contributed by atoms with van der Waals surface area (Å²) in [5, 5.41) is 0. The monoisotopic (exact) mass is 280 g/mol. The van der Waals surface area contributed by atoms with Crippen molar-refractivity contribution in [3.63, 3.8) is 0 Å². The third-order valence-corrected chi connectivity index (χ3v) is 8.58. The van der Waals surface area contributed by atoms with Crippen LogP contribution in [-0.4, -0.2) is 5.75 Å². The van der Waals surface area contributed by atoms with Crippen LogP contribution in [0.4, 0.5) is 0 Å². The molecule has 4 saturated carbocycles. The summed E-state index contributed by atoms with van der Waals surface area (Å²) in [4.78, 5) is 0. The highest BCUT2D eigenvalue weighted by molar-refractivity contribution is 7.80. The van der Waals surface area contributed by atoms with E-state index in [1.165, 1.54) is 57.8 Å². The van der Waals surface area contributed by atoms with Gasteiger partial charge in [0.2, 0.25) is 0 Å². The highest BCUT2D eigenvalue weighted by Crippen LogP contribution is 2.68. The largest absolute Gasteiger partial charge is 0.179 e. The Morgan fingerprint density at radius 1 is 0.842 bits per heavy atom. The van der Waals surface area contributed by atoms with Gasteiger partial charge in [0, 0.05) is 0 Å². The Morgan fingerprint density at radius 2 is 1.47 bits per heavy atom. The maximum Gasteiger partial charge on any atom is -0.00437 e. The van der Waals surface area contributed by atoms with Gasteiger partial charge in [0.05, 0.1) is 0 Å². The minimum atomic E-state index is 0.500. The number of thiol groups is 1. The minimum Gasteiger partial charge on any atom is -0.179 e. The lowest BCUT2D eigenvalue weighted by Gasteiger charge is -2.56. The number of fused-ring (bicyclic) bond motifs is 5. The van der Waals surface area contributed by atoms with Gasteiger partial charge in [-0.25, -0.2) is 0 Å². The fraction of sp³-hybridized carbons (Fsp3) is 1.00. The Morgan fingerprint density at radius 3 is 2.16 bits per heavy atom. The van der Waals surface area contributed by atoms with E-state index in [9.17, 15) is 0 Å². The first-order valence-electron chi connectivity index (χ1n) is 8.54. The normalized spacial score (nSPS) is 54.3. The number of hydrogen-bond acceptors (Lipinski definition) is 1. The summed E-state index contributed by atoms with van der Waals surface area (Å²) >= 11 is 4.71. The van der Waals surface area contributed by atoms with Gasteiger partial charge in [-0.3, -0.25) is 0 Å². The van der Waals surface area contributed by atoms with Gasteiger partial charge in [-0.05, 0) is 78.8 Å². The molecule has 0 aliphatic heterocycles. The average molecular weight is 281 g/mol. The predicted molar refractivity (Wildman–Crippen MR) is 86.7 cm³/mol. The van der Waals surface area contributed by atoms with Crippen molar-refractivity contribution < 1.29 is 0 Å². The van der Waals surface area contributed by atoms with E-state index in [0.717, 1.165) is 17.6 Å². The zero-order chi connectivity index (χ0) is 13.7. The van der Waals surface area contributed by atoms with Crippen molar-refractivity contribution in [2.75, 3.05) is 5.75 Å². The molecule has 4 aliphatic carbocycles. The van der Waals surface area contributed by atoms with Crippen LogP contribution in [0.25, 0.3) is 0 Å². The molecule has 4 rings (SSSR count). The lowest BCUT2D eigenvalue weighted by molar-refractivity contribution is -0.0673.